The van der Waals surface area contributed by atoms with Crippen LogP contribution in [0.25, 0.3) is 0 Å². The number of hydrogen-bond acceptors (Lipinski definition) is 8. The molecule has 28 heavy (non-hydrogen) atoms. The average molecular weight is 404 g/mol. The maximum atomic E-state index is 11.5. The molecule has 0 saturated heterocycles. The van der Waals surface area contributed by atoms with Crippen LogP contribution in [0.4, 0.5) is 5.13 Å². The molecule has 0 spiro atoms. The Morgan fingerprint density at radius 2 is 2.00 bits per heavy atom. The Morgan fingerprint density at radius 1 is 1.25 bits per heavy atom. The van der Waals surface area contributed by atoms with Crippen LogP contribution in [0, 0.1) is 20.8 Å². The molecule has 1 heterocycles. The van der Waals surface area contributed by atoms with Crippen molar-refractivity contribution in [1.29, 1.82) is 0 Å². The first-order valence-electron chi connectivity index (χ1n) is 8.94. The van der Waals surface area contributed by atoms with E-state index in [2.05, 4.69) is 15.5 Å². The third kappa shape index (κ3) is 5.88. The van der Waals surface area contributed by atoms with Crippen LogP contribution in [0.1, 0.15) is 47.4 Å². The maximum Gasteiger partial charge on any atom is 0.311 e. The molecule has 1 aromatic heterocycles. The Bertz CT molecular complexity index is 890. The lowest BCUT2D eigenvalue weighted by Gasteiger charge is -2.14. The predicted octanol–water partition coefficient (Wildman–Crippen LogP) is 3.68. The summed E-state index contributed by atoms with van der Waals surface area (Å²) in [6, 6.07) is 2.05. The molecule has 1 aromatic carbocycles. The monoisotopic (exact) mass is 403 g/mol. The summed E-state index contributed by atoms with van der Waals surface area (Å²) in [7, 11) is 0. The summed E-state index contributed by atoms with van der Waals surface area (Å²) in [6.45, 7) is 9.76. The van der Waals surface area contributed by atoms with Crippen LogP contribution in [0.15, 0.2) is 16.5 Å². The molecule has 0 aliphatic carbocycles. The number of carbonyl (C=O) groups is 2. The van der Waals surface area contributed by atoms with Gasteiger partial charge in [0.25, 0.3) is 0 Å². The van der Waals surface area contributed by atoms with Gasteiger partial charge in [0.2, 0.25) is 5.13 Å². The lowest BCUT2D eigenvalue weighted by Crippen LogP contribution is -2.07. The second-order valence-corrected chi connectivity index (χ2v) is 7.16. The van der Waals surface area contributed by atoms with Crippen LogP contribution in [-0.2, 0) is 32.1 Å². The molecule has 2 rings (SSSR count). The fraction of sp³-hybridized carbons (Fsp3) is 0.400. The van der Waals surface area contributed by atoms with Gasteiger partial charge in [0.1, 0.15) is 6.61 Å². The topological polar surface area (TPSA) is 89.9 Å². The highest BCUT2D eigenvalue weighted by molar-refractivity contribution is 7.13. The lowest BCUT2D eigenvalue weighted by atomic mass is 9.94. The van der Waals surface area contributed by atoms with Crippen molar-refractivity contribution in [1.82, 2.24) is 4.98 Å². The molecule has 0 fully saturated rings. The van der Waals surface area contributed by atoms with Gasteiger partial charge in [0, 0.05) is 17.9 Å². The van der Waals surface area contributed by atoms with Gasteiger partial charge in [-0.25, -0.2) is 4.98 Å². The molecule has 0 bridgehead atoms. The maximum absolute atomic E-state index is 11.5. The van der Waals surface area contributed by atoms with Gasteiger partial charge >= 0.3 is 11.9 Å². The zero-order valence-corrected chi connectivity index (χ0v) is 17.6. The van der Waals surface area contributed by atoms with Crippen molar-refractivity contribution in [2.75, 3.05) is 12.0 Å². The fourth-order valence-electron chi connectivity index (χ4n) is 2.79. The predicted molar refractivity (Wildman–Crippen MR) is 110 cm³/mol. The number of ether oxygens (including phenoxy) is 2. The molecule has 0 aliphatic rings. The molecule has 8 heteroatoms. The second-order valence-electron chi connectivity index (χ2n) is 6.30. The number of aromatic nitrogens is 1. The number of aryl methyl sites for hydroxylation is 2. The first kappa shape index (κ1) is 21.6. The van der Waals surface area contributed by atoms with Gasteiger partial charge in [-0.1, -0.05) is 6.07 Å². The molecule has 7 nitrogen and oxygen atoms in total. The molecule has 0 radical (unpaired) electrons. The van der Waals surface area contributed by atoms with Crippen molar-refractivity contribution < 1.29 is 19.1 Å². The summed E-state index contributed by atoms with van der Waals surface area (Å²) in [6.07, 6.45) is 1.87. The van der Waals surface area contributed by atoms with Crippen LogP contribution in [0.5, 0.6) is 0 Å². The number of esters is 2. The summed E-state index contributed by atoms with van der Waals surface area (Å²) >= 11 is 1.37. The summed E-state index contributed by atoms with van der Waals surface area (Å²) in [4.78, 5) is 27.0. The number of rotatable bonds is 8. The van der Waals surface area contributed by atoms with Crippen LogP contribution >= 0.6 is 11.3 Å². The summed E-state index contributed by atoms with van der Waals surface area (Å²) in [5, 5.41) is 6.67. The fourth-order valence-corrected chi connectivity index (χ4v) is 3.45. The van der Waals surface area contributed by atoms with Gasteiger partial charge in [-0.05, 0) is 49.9 Å². The highest BCUT2D eigenvalue weighted by Crippen LogP contribution is 2.22. The van der Waals surface area contributed by atoms with E-state index in [0.717, 1.165) is 27.8 Å². The van der Waals surface area contributed by atoms with Gasteiger partial charge in [-0.15, -0.1) is 11.3 Å². The molecule has 0 saturated carbocycles. The highest BCUT2D eigenvalue weighted by atomic mass is 32.1. The van der Waals surface area contributed by atoms with Crippen molar-refractivity contribution in [2.45, 2.75) is 47.6 Å². The first-order valence-corrected chi connectivity index (χ1v) is 9.81. The number of hydrogen-bond donors (Lipinski definition) is 1. The zero-order chi connectivity index (χ0) is 20.7. The van der Waals surface area contributed by atoms with Crippen molar-refractivity contribution in [3.05, 3.63) is 45.0 Å². The molecule has 2 aromatic rings. The molecule has 1 N–H and O–H groups in total. The molecular weight excluding hydrogens is 378 g/mol. The number of nitrogens with one attached hydrogen (secondary N) is 1. The average Bonchev–Trinajstić information content (AvgIpc) is 3.04. The van der Waals surface area contributed by atoms with E-state index in [1.807, 2.05) is 26.8 Å². The summed E-state index contributed by atoms with van der Waals surface area (Å²) in [5.74, 6) is -0.604. The van der Waals surface area contributed by atoms with E-state index in [-0.39, 0.29) is 25.0 Å². The standard InChI is InChI=1S/C20H25N3O4S/c1-6-26-19(25)8-16-11-28-20(22-16)23-21-9-17-12(2)7-13(3)18(14(17)4)10-27-15(5)24/h7,9,11H,6,8,10H2,1-5H3,(H,22,23). The number of thiazole rings is 1. The van der Waals surface area contributed by atoms with Crippen molar-refractivity contribution in [3.8, 4) is 0 Å². The van der Waals surface area contributed by atoms with E-state index in [0.29, 0.717) is 17.4 Å². The molecule has 0 amide bonds. The third-order valence-electron chi connectivity index (χ3n) is 4.15. The van der Waals surface area contributed by atoms with Gasteiger partial charge in [-0.2, -0.15) is 5.10 Å². The lowest BCUT2D eigenvalue weighted by molar-refractivity contribution is -0.143. The van der Waals surface area contributed by atoms with Gasteiger partial charge in [-0.3, -0.25) is 15.0 Å². The quantitative estimate of drug-likeness (QED) is 0.411. The van der Waals surface area contributed by atoms with Gasteiger partial charge < -0.3 is 9.47 Å². The van der Waals surface area contributed by atoms with Crippen LogP contribution in [0.3, 0.4) is 0 Å². The largest absolute Gasteiger partial charge is 0.466 e. The van der Waals surface area contributed by atoms with Crippen molar-refractivity contribution in [3.63, 3.8) is 0 Å². The van der Waals surface area contributed by atoms with E-state index in [9.17, 15) is 9.59 Å². The van der Waals surface area contributed by atoms with E-state index >= 15 is 0 Å². The Balaban J connectivity index is 2.09. The smallest absolute Gasteiger partial charge is 0.311 e. The van der Waals surface area contributed by atoms with Crippen molar-refractivity contribution >= 4 is 34.6 Å². The minimum absolute atomic E-state index is 0.144. The number of anilines is 1. The van der Waals surface area contributed by atoms with Crippen LogP contribution in [0.2, 0.25) is 0 Å². The van der Waals surface area contributed by atoms with E-state index < -0.39 is 0 Å². The Morgan fingerprint density at radius 3 is 2.68 bits per heavy atom. The van der Waals surface area contributed by atoms with Crippen molar-refractivity contribution in [2.24, 2.45) is 5.10 Å². The van der Waals surface area contributed by atoms with Crippen LogP contribution < -0.4 is 5.43 Å². The Kier molecular flexibility index (Phi) is 7.69. The third-order valence-corrected chi connectivity index (χ3v) is 4.94. The van der Waals surface area contributed by atoms with E-state index in [1.165, 1.54) is 18.3 Å². The Hall–Kier alpha value is -2.74. The first-order chi connectivity index (χ1) is 13.3. The molecule has 0 aliphatic heterocycles. The number of hydrazone groups is 1. The summed E-state index contributed by atoms with van der Waals surface area (Å²) in [5.41, 5.74) is 8.66. The molecular formula is C20H25N3O4S. The number of carbonyl (C=O) groups excluding carboxylic acids is 2. The van der Waals surface area contributed by atoms with Gasteiger partial charge in [0.15, 0.2) is 0 Å². The molecule has 0 unspecified atom stereocenters. The normalized spacial score (nSPS) is 10.9. The minimum atomic E-state index is -0.307. The van der Waals surface area contributed by atoms with Gasteiger partial charge in [0.05, 0.1) is 24.9 Å². The zero-order valence-electron chi connectivity index (χ0n) is 16.8. The molecule has 0 atom stereocenters. The molecule has 150 valence electrons. The highest BCUT2D eigenvalue weighted by Gasteiger charge is 2.11. The number of benzene rings is 1. The van der Waals surface area contributed by atoms with E-state index in [4.69, 9.17) is 9.47 Å². The summed E-state index contributed by atoms with van der Waals surface area (Å²) < 4.78 is 10.1. The minimum Gasteiger partial charge on any atom is -0.466 e. The SMILES string of the molecule is CCOC(=O)Cc1csc(NN=Cc2c(C)cc(C)c(COC(C)=O)c2C)n1. The number of nitrogens with zero attached hydrogens (tertiary/aromatic N) is 2. The van der Waals surface area contributed by atoms with Crippen LogP contribution in [-0.4, -0.2) is 29.7 Å². The second kappa shape index (κ2) is 9.98. The van der Waals surface area contributed by atoms with E-state index in [1.54, 1.807) is 18.5 Å². The Labute approximate surface area is 168 Å².